The molecular weight excluding hydrogens is 364 g/mol. The van der Waals surface area contributed by atoms with E-state index in [0.717, 1.165) is 25.2 Å². The summed E-state index contributed by atoms with van der Waals surface area (Å²) in [5.74, 6) is 0.827. The molecule has 0 aliphatic heterocycles. The molecule has 0 fully saturated rings. The van der Waals surface area contributed by atoms with Gasteiger partial charge in [-0.2, -0.15) is 0 Å². The second-order valence-electron chi connectivity index (χ2n) is 9.22. The molecule has 0 saturated heterocycles. The minimum atomic E-state index is 0.816. The Bertz CT molecular complexity index is 357. The smallest absolute Gasteiger partial charge is 0.111 e. The Morgan fingerprint density at radius 3 is 1.33 bits per heavy atom. The highest BCUT2D eigenvalue weighted by Gasteiger charge is 1.95. The van der Waals surface area contributed by atoms with Gasteiger partial charge in [-0.25, -0.2) is 0 Å². The van der Waals surface area contributed by atoms with E-state index >= 15 is 0 Å². The van der Waals surface area contributed by atoms with Crippen LogP contribution in [0.15, 0.2) is 24.5 Å². The Morgan fingerprint density at radius 2 is 0.900 bits per heavy atom. The van der Waals surface area contributed by atoms with Gasteiger partial charge in [-0.05, 0) is 25.3 Å². The lowest BCUT2D eigenvalue weighted by atomic mass is 10.0. The summed E-state index contributed by atoms with van der Waals surface area (Å²) in [5.41, 5.74) is 0. The minimum absolute atomic E-state index is 0.816. The highest BCUT2D eigenvalue weighted by Crippen LogP contribution is 2.14. The summed E-state index contributed by atoms with van der Waals surface area (Å²) in [5, 5.41) is 0. The monoisotopic (exact) mass is 420 g/mol. The van der Waals surface area contributed by atoms with Crippen molar-refractivity contribution in [3.8, 4) is 0 Å². The van der Waals surface area contributed by atoms with Gasteiger partial charge in [0.1, 0.15) is 5.76 Å². The van der Waals surface area contributed by atoms with Crippen LogP contribution in [-0.2, 0) is 4.74 Å². The normalized spacial score (nSPS) is 11.4. The lowest BCUT2D eigenvalue weighted by Gasteiger charge is -2.04. The second-order valence-corrected chi connectivity index (χ2v) is 9.22. The largest absolute Gasteiger partial charge is 0.494 e. The van der Waals surface area contributed by atoms with Crippen molar-refractivity contribution >= 4 is 0 Å². The number of hydrogen-bond acceptors (Lipinski definition) is 1. The molecular formula is C29H56O. The summed E-state index contributed by atoms with van der Waals surface area (Å²) in [6.07, 6.45) is 34.9. The van der Waals surface area contributed by atoms with Crippen LogP contribution in [0.4, 0.5) is 0 Å². The van der Waals surface area contributed by atoms with Crippen LogP contribution in [0.5, 0.6) is 0 Å². The van der Waals surface area contributed by atoms with Crippen LogP contribution in [0.25, 0.3) is 0 Å². The predicted molar refractivity (Wildman–Crippen MR) is 137 cm³/mol. The molecule has 0 aliphatic carbocycles. The highest BCUT2D eigenvalue weighted by atomic mass is 16.5. The average Bonchev–Trinajstić information content (AvgIpc) is 2.75. The molecule has 0 heterocycles. The number of rotatable bonds is 25. The Kier molecular flexibility index (Phi) is 25.7. The van der Waals surface area contributed by atoms with E-state index in [1.807, 2.05) is 0 Å². The quantitative estimate of drug-likeness (QED) is 0.0810. The molecule has 0 aliphatic rings. The topological polar surface area (TPSA) is 9.23 Å². The van der Waals surface area contributed by atoms with E-state index < -0.39 is 0 Å². The first kappa shape index (κ1) is 29.3. The van der Waals surface area contributed by atoms with E-state index in [4.69, 9.17) is 4.74 Å². The zero-order chi connectivity index (χ0) is 22.0. The van der Waals surface area contributed by atoms with Crippen molar-refractivity contribution < 1.29 is 4.74 Å². The molecule has 30 heavy (non-hydrogen) atoms. The first-order chi connectivity index (χ1) is 14.8. The van der Waals surface area contributed by atoms with E-state index in [0.29, 0.717) is 0 Å². The van der Waals surface area contributed by atoms with Crippen molar-refractivity contribution in [2.45, 2.75) is 155 Å². The second kappa shape index (κ2) is 26.3. The zero-order valence-electron chi connectivity index (χ0n) is 21.0. The predicted octanol–water partition coefficient (Wildman–Crippen LogP) is 10.7. The van der Waals surface area contributed by atoms with E-state index in [-0.39, 0.29) is 0 Å². The third-order valence-corrected chi connectivity index (χ3v) is 6.06. The fourth-order valence-electron chi connectivity index (χ4n) is 3.98. The number of allylic oxidation sites excluding steroid dienone is 2. The van der Waals surface area contributed by atoms with Crippen LogP contribution in [0.3, 0.4) is 0 Å². The summed E-state index contributed by atoms with van der Waals surface area (Å²) in [6.45, 7) is 9.29. The molecule has 0 saturated carbocycles. The first-order valence-electron chi connectivity index (χ1n) is 13.8. The summed E-state index contributed by atoms with van der Waals surface area (Å²) >= 11 is 0. The molecule has 1 heteroatoms. The van der Waals surface area contributed by atoms with Crippen LogP contribution in [0.1, 0.15) is 155 Å². The molecule has 0 radical (unpaired) electrons. The molecule has 0 bridgehead atoms. The van der Waals surface area contributed by atoms with Crippen LogP contribution in [-0.4, -0.2) is 6.61 Å². The van der Waals surface area contributed by atoms with Crippen molar-refractivity contribution in [3.05, 3.63) is 24.5 Å². The molecule has 0 aromatic heterocycles. The van der Waals surface area contributed by atoms with Crippen molar-refractivity contribution in [3.63, 3.8) is 0 Å². The van der Waals surface area contributed by atoms with Gasteiger partial charge in [0.25, 0.3) is 0 Å². The van der Waals surface area contributed by atoms with E-state index in [1.54, 1.807) is 0 Å². The summed E-state index contributed by atoms with van der Waals surface area (Å²) < 4.78 is 5.60. The molecule has 178 valence electrons. The Morgan fingerprint density at radius 1 is 0.533 bits per heavy atom. The summed E-state index contributed by atoms with van der Waals surface area (Å²) in [4.78, 5) is 0. The fraction of sp³-hybridized carbons (Fsp3) is 0.862. The van der Waals surface area contributed by atoms with E-state index in [1.165, 1.54) is 128 Å². The van der Waals surface area contributed by atoms with Crippen molar-refractivity contribution in [1.82, 2.24) is 0 Å². The maximum Gasteiger partial charge on any atom is 0.111 e. The van der Waals surface area contributed by atoms with Crippen LogP contribution < -0.4 is 0 Å². The lowest BCUT2D eigenvalue weighted by molar-refractivity contribution is 0.219. The van der Waals surface area contributed by atoms with Crippen molar-refractivity contribution in [2.24, 2.45) is 0 Å². The molecule has 0 atom stereocenters. The Balaban J connectivity index is 3.14. The van der Waals surface area contributed by atoms with Crippen LogP contribution in [0.2, 0.25) is 0 Å². The van der Waals surface area contributed by atoms with Crippen LogP contribution in [0, 0.1) is 0 Å². The maximum atomic E-state index is 5.60. The number of hydrogen-bond donors (Lipinski definition) is 0. The number of ether oxygens (including phenoxy) is 1. The standard InChI is InChI=1S/C29H56O/c1-4-6-8-9-10-11-12-13-14-15-16-17-18-19-20-21-22-23-24-25-27-29(3)30-28-26-7-5-2/h25,27H,3-24,26,28H2,1-2H3/b27-25+. The Labute approximate surface area is 191 Å². The van der Waals surface area contributed by atoms with Gasteiger partial charge in [0.2, 0.25) is 0 Å². The summed E-state index contributed by atoms with van der Waals surface area (Å²) in [7, 11) is 0. The van der Waals surface area contributed by atoms with E-state index in [9.17, 15) is 0 Å². The van der Waals surface area contributed by atoms with Gasteiger partial charge in [0.15, 0.2) is 0 Å². The SMILES string of the molecule is C=C(/C=C/CCCCCCCCCCCCCCCCCCCC)OCCCCC. The van der Waals surface area contributed by atoms with Gasteiger partial charge in [-0.3, -0.25) is 0 Å². The van der Waals surface area contributed by atoms with Crippen molar-refractivity contribution in [2.75, 3.05) is 6.61 Å². The molecule has 0 unspecified atom stereocenters. The molecule has 0 aromatic rings. The van der Waals surface area contributed by atoms with Gasteiger partial charge in [-0.1, -0.05) is 148 Å². The lowest BCUT2D eigenvalue weighted by Crippen LogP contribution is -1.91. The molecule has 0 rings (SSSR count). The molecule has 0 N–H and O–H groups in total. The molecule has 1 nitrogen and oxygen atoms in total. The number of unbranched alkanes of at least 4 members (excludes halogenated alkanes) is 20. The molecule has 0 spiro atoms. The van der Waals surface area contributed by atoms with Crippen molar-refractivity contribution in [1.29, 1.82) is 0 Å². The molecule has 0 amide bonds. The fourth-order valence-corrected chi connectivity index (χ4v) is 3.98. The third-order valence-electron chi connectivity index (χ3n) is 6.06. The minimum Gasteiger partial charge on any atom is -0.494 e. The van der Waals surface area contributed by atoms with Gasteiger partial charge in [-0.15, -0.1) is 0 Å². The highest BCUT2D eigenvalue weighted by molar-refractivity contribution is 5.06. The average molecular weight is 421 g/mol. The zero-order valence-corrected chi connectivity index (χ0v) is 21.0. The first-order valence-corrected chi connectivity index (χ1v) is 13.8. The van der Waals surface area contributed by atoms with Gasteiger partial charge >= 0.3 is 0 Å². The van der Waals surface area contributed by atoms with Gasteiger partial charge < -0.3 is 4.74 Å². The van der Waals surface area contributed by atoms with Gasteiger partial charge in [0, 0.05) is 0 Å². The molecule has 0 aromatic carbocycles. The maximum absolute atomic E-state index is 5.60. The Hall–Kier alpha value is -0.720. The summed E-state index contributed by atoms with van der Waals surface area (Å²) in [6, 6.07) is 0. The van der Waals surface area contributed by atoms with E-state index in [2.05, 4.69) is 32.6 Å². The van der Waals surface area contributed by atoms with Gasteiger partial charge in [0.05, 0.1) is 6.61 Å². The van der Waals surface area contributed by atoms with Crippen LogP contribution >= 0.6 is 0 Å². The third kappa shape index (κ3) is 25.3.